The van der Waals surface area contributed by atoms with Crippen LogP contribution in [0.1, 0.15) is 11.1 Å². The maximum absolute atomic E-state index is 11.1. The van der Waals surface area contributed by atoms with Crippen molar-refractivity contribution in [3.05, 3.63) is 99.6 Å². The molecule has 2 aliphatic rings. The predicted molar refractivity (Wildman–Crippen MR) is 167 cm³/mol. The summed E-state index contributed by atoms with van der Waals surface area (Å²) in [4.78, 5) is 16.7. The molecule has 2 aliphatic heterocycles. The van der Waals surface area contributed by atoms with Gasteiger partial charge in [0.15, 0.2) is 35.7 Å². The van der Waals surface area contributed by atoms with E-state index in [9.17, 15) is 10.1 Å². The molecule has 0 fully saturated rings. The second-order valence-electron chi connectivity index (χ2n) is 11.0. The van der Waals surface area contributed by atoms with Gasteiger partial charge in [-0.2, -0.15) is 4.57 Å². The summed E-state index contributed by atoms with van der Waals surface area (Å²) in [5, 5.41) is 13.8. The maximum Gasteiger partial charge on any atom is 0.381 e. The van der Waals surface area contributed by atoms with Gasteiger partial charge in [0, 0.05) is 43.7 Å². The van der Waals surface area contributed by atoms with E-state index in [1.807, 2.05) is 30.3 Å². The van der Waals surface area contributed by atoms with Crippen LogP contribution in [0.2, 0.25) is 5.02 Å². The van der Waals surface area contributed by atoms with Crippen LogP contribution in [0, 0.1) is 10.1 Å². The van der Waals surface area contributed by atoms with Crippen LogP contribution in [-0.2, 0) is 26.1 Å². The average molecular weight is 629 g/mol. The van der Waals surface area contributed by atoms with Gasteiger partial charge in [-0.1, -0.05) is 23.7 Å². The number of halogens is 1. The second-order valence-corrected chi connectivity index (χ2v) is 11.5. The van der Waals surface area contributed by atoms with Crippen molar-refractivity contribution in [3.63, 3.8) is 0 Å². The SMILES string of the molecule is COc1ccc2cc3[n+](cc2c1OCCN(CCn1cnc([N+](=O)[O-])c1)Cc1cccc(Cl)c1)CCc1cc2c(cc1-3)OCO2. The Balaban J connectivity index is 1.13. The summed E-state index contributed by atoms with van der Waals surface area (Å²) in [6.45, 7) is 3.86. The molecule has 0 spiro atoms. The van der Waals surface area contributed by atoms with Crippen molar-refractivity contribution in [2.75, 3.05) is 33.6 Å². The quantitative estimate of drug-likeness (QED) is 0.108. The zero-order chi connectivity index (χ0) is 30.9. The third kappa shape index (κ3) is 5.96. The van der Waals surface area contributed by atoms with Crippen LogP contribution in [0.5, 0.6) is 23.0 Å². The number of methoxy groups -OCH3 is 1. The van der Waals surface area contributed by atoms with E-state index in [4.69, 9.17) is 30.5 Å². The summed E-state index contributed by atoms with van der Waals surface area (Å²) in [6.07, 6.45) is 5.96. The lowest BCUT2D eigenvalue weighted by Gasteiger charge is -2.23. The van der Waals surface area contributed by atoms with Gasteiger partial charge in [0.1, 0.15) is 12.8 Å². The van der Waals surface area contributed by atoms with Crippen molar-refractivity contribution in [1.82, 2.24) is 14.5 Å². The van der Waals surface area contributed by atoms with E-state index in [-0.39, 0.29) is 12.6 Å². The Hall–Kier alpha value is -4.87. The fourth-order valence-electron chi connectivity index (χ4n) is 5.97. The summed E-state index contributed by atoms with van der Waals surface area (Å²) >= 11 is 6.26. The Bertz CT molecular complexity index is 1910. The van der Waals surface area contributed by atoms with Crippen molar-refractivity contribution in [1.29, 1.82) is 0 Å². The summed E-state index contributed by atoms with van der Waals surface area (Å²) in [7, 11) is 1.65. The number of pyridine rings is 1. The molecular formula is C33H31ClN5O6+. The fraction of sp³-hybridized carbons (Fsp3) is 0.273. The summed E-state index contributed by atoms with van der Waals surface area (Å²) in [5.74, 6) is 2.76. The number of rotatable bonds is 11. The van der Waals surface area contributed by atoms with Crippen molar-refractivity contribution < 1.29 is 28.4 Å². The molecule has 0 atom stereocenters. The van der Waals surface area contributed by atoms with Crippen LogP contribution in [0.25, 0.3) is 22.0 Å². The molecule has 0 N–H and O–H groups in total. The molecule has 45 heavy (non-hydrogen) atoms. The second kappa shape index (κ2) is 12.3. The van der Waals surface area contributed by atoms with E-state index in [2.05, 4.69) is 44.9 Å². The smallest absolute Gasteiger partial charge is 0.381 e. The van der Waals surface area contributed by atoms with Crippen molar-refractivity contribution in [3.8, 4) is 34.3 Å². The first-order chi connectivity index (χ1) is 21.9. The minimum atomic E-state index is -0.491. The molecule has 12 heteroatoms. The first-order valence-electron chi connectivity index (χ1n) is 14.7. The molecule has 230 valence electrons. The zero-order valence-electron chi connectivity index (χ0n) is 24.6. The minimum Gasteiger partial charge on any atom is -0.493 e. The third-order valence-electron chi connectivity index (χ3n) is 8.23. The maximum atomic E-state index is 11.1. The molecule has 0 saturated carbocycles. The molecular weight excluding hydrogens is 598 g/mol. The number of ether oxygens (including phenoxy) is 4. The van der Waals surface area contributed by atoms with Gasteiger partial charge in [-0.3, -0.25) is 4.90 Å². The molecule has 3 aromatic carbocycles. The normalized spacial score (nSPS) is 13.1. The lowest BCUT2D eigenvalue weighted by atomic mass is 9.95. The highest BCUT2D eigenvalue weighted by Gasteiger charge is 2.28. The molecule has 4 heterocycles. The molecule has 0 saturated heterocycles. The highest BCUT2D eigenvalue weighted by molar-refractivity contribution is 6.30. The number of hydrogen-bond donors (Lipinski definition) is 0. The number of aromatic nitrogens is 3. The number of fused-ring (bicyclic) bond motifs is 5. The van der Waals surface area contributed by atoms with Crippen LogP contribution in [0.4, 0.5) is 5.82 Å². The molecule has 2 aromatic heterocycles. The van der Waals surface area contributed by atoms with Crippen LogP contribution in [0.3, 0.4) is 0 Å². The van der Waals surface area contributed by atoms with Gasteiger partial charge in [0.05, 0.1) is 18.1 Å². The van der Waals surface area contributed by atoms with E-state index in [1.54, 1.807) is 11.7 Å². The van der Waals surface area contributed by atoms with Gasteiger partial charge >= 0.3 is 5.82 Å². The number of nitro groups is 1. The predicted octanol–water partition coefficient (Wildman–Crippen LogP) is 5.43. The van der Waals surface area contributed by atoms with Gasteiger partial charge in [-0.05, 0) is 62.8 Å². The Labute approximate surface area is 264 Å². The monoisotopic (exact) mass is 628 g/mol. The van der Waals surface area contributed by atoms with Gasteiger partial charge in [-0.25, -0.2) is 0 Å². The van der Waals surface area contributed by atoms with Gasteiger partial charge in [0.2, 0.25) is 18.8 Å². The topological polar surface area (TPSA) is 105 Å². The Kier molecular flexibility index (Phi) is 7.86. The molecule has 0 amide bonds. The average Bonchev–Trinajstić information content (AvgIpc) is 3.71. The van der Waals surface area contributed by atoms with Gasteiger partial charge in [0.25, 0.3) is 0 Å². The summed E-state index contributed by atoms with van der Waals surface area (Å²) in [5.41, 5.74) is 4.57. The Morgan fingerprint density at radius 2 is 2.00 bits per heavy atom. The van der Waals surface area contributed by atoms with Crippen molar-refractivity contribution >= 4 is 28.2 Å². The van der Waals surface area contributed by atoms with Gasteiger partial charge in [-0.15, -0.1) is 0 Å². The van der Waals surface area contributed by atoms with Crippen molar-refractivity contribution in [2.24, 2.45) is 0 Å². The molecule has 11 nitrogen and oxygen atoms in total. The highest BCUT2D eigenvalue weighted by Crippen LogP contribution is 2.41. The standard InChI is InChI=1S/C33H31ClN5O6/c1-42-29-6-5-23-14-28-26-16-31-30(44-21-45-31)15-24(26)7-8-38(28)18-27(23)33(29)43-12-11-36(17-22-3-2-4-25(34)13-22)9-10-37-19-32(35-20-37)39(40)41/h2-6,13-16,18-20H,7-12,17,21H2,1H3/q+1. The largest absolute Gasteiger partial charge is 0.493 e. The first-order valence-corrected chi connectivity index (χ1v) is 15.1. The summed E-state index contributed by atoms with van der Waals surface area (Å²) in [6, 6.07) is 18.1. The number of aryl methyl sites for hydroxylation is 2. The molecule has 0 radical (unpaired) electrons. The lowest BCUT2D eigenvalue weighted by molar-refractivity contribution is -0.686. The number of imidazole rings is 1. The first kappa shape index (κ1) is 28.9. The zero-order valence-corrected chi connectivity index (χ0v) is 25.4. The van der Waals surface area contributed by atoms with Crippen LogP contribution in [0.15, 0.2) is 73.3 Å². The minimum absolute atomic E-state index is 0.169. The molecule has 5 aromatic rings. The summed E-state index contributed by atoms with van der Waals surface area (Å²) < 4.78 is 27.5. The van der Waals surface area contributed by atoms with Crippen LogP contribution >= 0.6 is 11.6 Å². The Morgan fingerprint density at radius 1 is 1.13 bits per heavy atom. The van der Waals surface area contributed by atoms with Crippen LogP contribution < -0.4 is 23.5 Å². The van der Waals surface area contributed by atoms with Crippen LogP contribution in [-0.4, -0.2) is 53.0 Å². The molecule has 0 bridgehead atoms. The van der Waals surface area contributed by atoms with E-state index in [0.29, 0.717) is 49.3 Å². The molecule has 0 unspecified atom stereocenters. The van der Waals surface area contributed by atoms with Crippen molar-refractivity contribution in [2.45, 2.75) is 26.1 Å². The number of hydrogen-bond acceptors (Lipinski definition) is 8. The van der Waals surface area contributed by atoms with E-state index >= 15 is 0 Å². The Morgan fingerprint density at radius 3 is 2.80 bits per heavy atom. The molecule has 0 aliphatic carbocycles. The third-order valence-corrected chi connectivity index (χ3v) is 8.46. The lowest BCUT2D eigenvalue weighted by Crippen LogP contribution is -2.40. The number of nitrogens with zero attached hydrogens (tertiary/aromatic N) is 5. The van der Waals surface area contributed by atoms with E-state index < -0.39 is 4.92 Å². The van der Waals surface area contributed by atoms with Gasteiger partial charge < -0.3 is 33.6 Å². The molecule has 7 rings (SSSR count). The number of benzene rings is 3. The van der Waals surface area contributed by atoms with E-state index in [0.717, 1.165) is 52.1 Å². The fourth-order valence-corrected chi connectivity index (χ4v) is 6.18. The van der Waals surface area contributed by atoms with E-state index in [1.165, 1.54) is 18.1 Å². The highest BCUT2D eigenvalue weighted by atomic mass is 35.5.